The zero-order valence-corrected chi connectivity index (χ0v) is 13.1. The fourth-order valence-electron chi connectivity index (χ4n) is 3.38. The van der Waals surface area contributed by atoms with E-state index in [0.717, 1.165) is 17.1 Å². The quantitative estimate of drug-likeness (QED) is 0.827. The first kappa shape index (κ1) is 14.3. The van der Waals surface area contributed by atoms with Crippen molar-refractivity contribution in [3.05, 3.63) is 41.2 Å². The molecule has 4 rings (SSSR count). The van der Waals surface area contributed by atoms with Crippen molar-refractivity contribution in [3.8, 4) is 0 Å². The maximum Gasteiger partial charge on any atom is 0.275 e. The maximum atomic E-state index is 12.6. The molecule has 2 fully saturated rings. The maximum absolute atomic E-state index is 12.6. The van der Waals surface area contributed by atoms with Crippen molar-refractivity contribution < 1.29 is 9.59 Å². The molecule has 4 heterocycles. The van der Waals surface area contributed by atoms with Crippen LogP contribution in [0.2, 0.25) is 0 Å². The first-order chi connectivity index (χ1) is 11.2. The Hall–Kier alpha value is -2.35. The number of hydrogen-bond donors (Lipinski definition) is 0. The molecule has 2 saturated heterocycles. The van der Waals surface area contributed by atoms with E-state index < -0.39 is 0 Å². The van der Waals surface area contributed by atoms with Crippen LogP contribution >= 0.6 is 11.5 Å². The molecule has 0 unspecified atom stereocenters. The van der Waals surface area contributed by atoms with Gasteiger partial charge in [-0.2, -0.15) is 0 Å². The average Bonchev–Trinajstić information content (AvgIpc) is 3.28. The SMILES string of the molecule is O=C(c1csnn1)N1C[C@@H]2CN(Cc3cccnc3)C(=O)[C@@H]2C1. The highest BCUT2D eigenvalue weighted by atomic mass is 32.1. The number of carbonyl (C=O) groups is 2. The van der Waals surface area contributed by atoms with Crippen molar-refractivity contribution >= 4 is 23.3 Å². The molecule has 2 aromatic rings. The van der Waals surface area contributed by atoms with Gasteiger partial charge in [-0.15, -0.1) is 5.10 Å². The van der Waals surface area contributed by atoms with E-state index >= 15 is 0 Å². The lowest BCUT2D eigenvalue weighted by atomic mass is 10.0. The lowest BCUT2D eigenvalue weighted by Gasteiger charge is -2.21. The highest BCUT2D eigenvalue weighted by molar-refractivity contribution is 7.03. The molecule has 0 saturated carbocycles. The fourth-order valence-corrected chi connectivity index (χ4v) is 3.81. The number of likely N-dealkylation sites (tertiary alicyclic amines) is 2. The van der Waals surface area contributed by atoms with E-state index in [-0.39, 0.29) is 23.7 Å². The Kier molecular flexibility index (Phi) is 3.53. The van der Waals surface area contributed by atoms with E-state index in [2.05, 4.69) is 14.6 Å². The van der Waals surface area contributed by atoms with Gasteiger partial charge in [0.25, 0.3) is 5.91 Å². The summed E-state index contributed by atoms with van der Waals surface area (Å²) in [7, 11) is 0. The van der Waals surface area contributed by atoms with Crippen LogP contribution in [0.4, 0.5) is 0 Å². The van der Waals surface area contributed by atoms with Crippen molar-refractivity contribution in [2.24, 2.45) is 11.8 Å². The van der Waals surface area contributed by atoms with Crippen molar-refractivity contribution in [2.75, 3.05) is 19.6 Å². The third-order valence-electron chi connectivity index (χ3n) is 4.49. The van der Waals surface area contributed by atoms with Gasteiger partial charge in [0.1, 0.15) is 0 Å². The predicted molar refractivity (Wildman–Crippen MR) is 82.4 cm³/mol. The second-order valence-corrected chi connectivity index (χ2v) is 6.56. The average molecular weight is 329 g/mol. The number of nitrogens with zero attached hydrogens (tertiary/aromatic N) is 5. The largest absolute Gasteiger partial charge is 0.338 e. The number of pyridine rings is 1. The van der Waals surface area contributed by atoms with Crippen LogP contribution in [-0.2, 0) is 11.3 Å². The number of aromatic nitrogens is 3. The molecule has 2 aliphatic heterocycles. The first-order valence-corrected chi connectivity index (χ1v) is 8.30. The summed E-state index contributed by atoms with van der Waals surface area (Å²) < 4.78 is 3.72. The van der Waals surface area contributed by atoms with E-state index in [0.29, 0.717) is 31.9 Å². The predicted octanol–water partition coefficient (Wildman–Crippen LogP) is 0.664. The van der Waals surface area contributed by atoms with Gasteiger partial charge < -0.3 is 9.80 Å². The molecule has 8 heteroatoms. The second kappa shape index (κ2) is 5.69. The molecular formula is C15H15N5O2S. The van der Waals surface area contributed by atoms with E-state index in [1.165, 1.54) is 0 Å². The summed E-state index contributed by atoms with van der Waals surface area (Å²) in [6.45, 7) is 2.36. The minimum atomic E-state index is -0.125. The fraction of sp³-hybridized carbons (Fsp3) is 0.400. The van der Waals surface area contributed by atoms with Crippen LogP contribution < -0.4 is 0 Å². The molecule has 23 heavy (non-hydrogen) atoms. The molecule has 2 aromatic heterocycles. The van der Waals surface area contributed by atoms with Crippen LogP contribution in [0.25, 0.3) is 0 Å². The normalized spacial score (nSPS) is 23.4. The van der Waals surface area contributed by atoms with E-state index in [1.54, 1.807) is 22.7 Å². The minimum absolute atomic E-state index is 0.0952. The van der Waals surface area contributed by atoms with Gasteiger partial charge in [0.2, 0.25) is 5.91 Å². The van der Waals surface area contributed by atoms with E-state index in [9.17, 15) is 9.59 Å². The topological polar surface area (TPSA) is 79.3 Å². The lowest BCUT2D eigenvalue weighted by molar-refractivity contribution is -0.131. The van der Waals surface area contributed by atoms with Gasteiger partial charge in [-0.3, -0.25) is 14.6 Å². The summed E-state index contributed by atoms with van der Waals surface area (Å²) in [5.41, 5.74) is 1.40. The Morgan fingerprint density at radius 2 is 2.26 bits per heavy atom. The summed E-state index contributed by atoms with van der Waals surface area (Å²) in [4.78, 5) is 32.6. The van der Waals surface area contributed by atoms with Gasteiger partial charge >= 0.3 is 0 Å². The second-order valence-electron chi connectivity index (χ2n) is 5.95. The smallest absolute Gasteiger partial charge is 0.275 e. The van der Waals surface area contributed by atoms with Gasteiger partial charge in [-0.1, -0.05) is 10.6 Å². The molecule has 2 atom stereocenters. The summed E-state index contributed by atoms with van der Waals surface area (Å²) >= 11 is 1.16. The third kappa shape index (κ3) is 2.59. The number of rotatable bonds is 3. The summed E-state index contributed by atoms with van der Waals surface area (Å²) in [6, 6.07) is 3.85. The molecule has 0 spiro atoms. The van der Waals surface area contributed by atoms with Gasteiger partial charge in [0, 0.05) is 49.9 Å². The van der Waals surface area contributed by atoms with Crippen LogP contribution in [0.1, 0.15) is 16.1 Å². The van der Waals surface area contributed by atoms with E-state index in [1.807, 2.05) is 17.0 Å². The first-order valence-electron chi connectivity index (χ1n) is 7.46. The summed E-state index contributed by atoms with van der Waals surface area (Å²) in [5, 5.41) is 5.47. The summed E-state index contributed by atoms with van der Waals surface area (Å²) in [6.07, 6.45) is 3.51. The van der Waals surface area contributed by atoms with Gasteiger partial charge in [0.15, 0.2) is 5.69 Å². The standard InChI is InChI=1S/C15H15N5O2S/c21-14-12-8-20(15(22)13-9-23-18-17-13)7-11(12)6-19(14)5-10-2-1-3-16-4-10/h1-4,9,11-12H,5-8H2/t11-,12+/m0/s1. The Balaban J connectivity index is 1.42. The van der Waals surface area contributed by atoms with Crippen LogP contribution in [0, 0.1) is 11.8 Å². The van der Waals surface area contributed by atoms with Crippen molar-refractivity contribution in [1.29, 1.82) is 0 Å². The number of fused-ring (bicyclic) bond motifs is 1. The van der Waals surface area contributed by atoms with Crippen molar-refractivity contribution in [1.82, 2.24) is 24.4 Å². The number of hydrogen-bond acceptors (Lipinski definition) is 6. The Bertz CT molecular complexity index is 721. The molecule has 0 radical (unpaired) electrons. The minimum Gasteiger partial charge on any atom is -0.338 e. The highest BCUT2D eigenvalue weighted by Crippen LogP contribution is 2.33. The Morgan fingerprint density at radius 1 is 1.35 bits per heavy atom. The number of carbonyl (C=O) groups excluding carboxylic acids is 2. The Morgan fingerprint density at radius 3 is 2.96 bits per heavy atom. The van der Waals surface area contributed by atoms with Gasteiger partial charge in [-0.05, 0) is 23.2 Å². The van der Waals surface area contributed by atoms with Crippen LogP contribution in [0.15, 0.2) is 29.9 Å². The molecule has 0 bridgehead atoms. The Labute approximate surface area is 137 Å². The molecule has 0 aromatic carbocycles. The van der Waals surface area contributed by atoms with Crippen molar-refractivity contribution in [2.45, 2.75) is 6.54 Å². The van der Waals surface area contributed by atoms with Crippen LogP contribution in [0.3, 0.4) is 0 Å². The highest BCUT2D eigenvalue weighted by Gasteiger charge is 2.47. The monoisotopic (exact) mass is 329 g/mol. The third-order valence-corrected chi connectivity index (χ3v) is 4.99. The van der Waals surface area contributed by atoms with E-state index in [4.69, 9.17) is 0 Å². The molecular weight excluding hydrogens is 314 g/mol. The molecule has 118 valence electrons. The summed E-state index contributed by atoms with van der Waals surface area (Å²) in [5.74, 6) is 0.113. The molecule has 0 N–H and O–H groups in total. The van der Waals surface area contributed by atoms with Gasteiger partial charge in [-0.25, -0.2) is 0 Å². The molecule has 0 aliphatic carbocycles. The molecule has 7 nitrogen and oxygen atoms in total. The van der Waals surface area contributed by atoms with Gasteiger partial charge in [0.05, 0.1) is 5.92 Å². The zero-order valence-electron chi connectivity index (χ0n) is 12.3. The lowest BCUT2D eigenvalue weighted by Crippen LogP contribution is -2.35. The van der Waals surface area contributed by atoms with Crippen LogP contribution in [-0.4, -0.2) is 55.8 Å². The van der Waals surface area contributed by atoms with Crippen LogP contribution in [0.5, 0.6) is 0 Å². The number of amides is 2. The van der Waals surface area contributed by atoms with Crippen molar-refractivity contribution in [3.63, 3.8) is 0 Å². The zero-order chi connectivity index (χ0) is 15.8. The molecule has 2 amide bonds. The molecule has 2 aliphatic rings.